The molecule has 2 N–H and O–H groups in total. The summed E-state index contributed by atoms with van der Waals surface area (Å²) >= 11 is 0. The van der Waals surface area contributed by atoms with E-state index in [2.05, 4.69) is 30.6 Å². The minimum Gasteiger partial charge on any atom is -0.330 e. The Morgan fingerprint density at radius 3 is 2.00 bits per heavy atom. The van der Waals surface area contributed by atoms with Gasteiger partial charge in [-0.05, 0) is 44.3 Å². The molecule has 0 aromatic rings. The lowest BCUT2D eigenvalue weighted by Crippen LogP contribution is -2.36. The highest BCUT2D eigenvalue weighted by molar-refractivity contribution is 4.73. The second-order valence-electron chi connectivity index (χ2n) is 6.19. The van der Waals surface area contributed by atoms with Gasteiger partial charge in [0.1, 0.15) is 0 Å². The average molecular weight is 255 g/mol. The van der Waals surface area contributed by atoms with Crippen LogP contribution in [0.2, 0.25) is 0 Å². The summed E-state index contributed by atoms with van der Waals surface area (Å²) in [6.45, 7) is 15.2. The summed E-state index contributed by atoms with van der Waals surface area (Å²) in [5, 5.41) is 0. The molecule has 0 saturated carbocycles. The molecule has 3 nitrogen and oxygen atoms in total. The van der Waals surface area contributed by atoms with Crippen molar-refractivity contribution in [3.63, 3.8) is 0 Å². The number of hydrogen-bond acceptors (Lipinski definition) is 3. The standard InChI is InChI=1S/C15H33N3/c1-4-6-14(2)12-17-7-5-8-18(10-9-17)13-15(3)11-16/h14-15H,4-13,16H2,1-3H3. The molecule has 2 unspecified atom stereocenters. The third-order valence-electron chi connectivity index (χ3n) is 4.00. The molecule has 1 rings (SSSR count). The molecule has 1 saturated heterocycles. The lowest BCUT2D eigenvalue weighted by Gasteiger charge is -2.25. The molecule has 1 heterocycles. The van der Waals surface area contributed by atoms with E-state index < -0.39 is 0 Å². The van der Waals surface area contributed by atoms with Crippen LogP contribution in [0.5, 0.6) is 0 Å². The van der Waals surface area contributed by atoms with E-state index in [9.17, 15) is 0 Å². The van der Waals surface area contributed by atoms with Gasteiger partial charge in [-0.15, -0.1) is 0 Å². The highest BCUT2D eigenvalue weighted by Crippen LogP contribution is 2.11. The highest BCUT2D eigenvalue weighted by Gasteiger charge is 2.17. The monoisotopic (exact) mass is 255 g/mol. The minimum absolute atomic E-state index is 0.635. The van der Waals surface area contributed by atoms with Crippen LogP contribution in [0.25, 0.3) is 0 Å². The van der Waals surface area contributed by atoms with Gasteiger partial charge in [-0.2, -0.15) is 0 Å². The van der Waals surface area contributed by atoms with E-state index in [-0.39, 0.29) is 0 Å². The quantitative estimate of drug-likeness (QED) is 0.755. The Balaban J connectivity index is 2.27. The first-order chi connectivity index (χ1) is 8.65. The zero-order valence-corrected chi connectivity index (χ0v) is 12.7. The first-order valence-corrected chi connectivity index (χ1v) is 7.80. The predicted molar refractivity (Wildman–Crippen MR) is 79.8 cm³/mol. The molecule has 1 aliphatic heterocycles. The fourth-order valence-electron chi connectivity index (χ4n) is 2.93. The van der Waals surface area contributed by atoms with Crippen LogP contribution >= 0.6 is 0 Å². The molecule has 0 radical (unpaired) electrons. The molecule has 3 heteroatoms. The van der Waals surface area contributed by atoms with Gasteiger partial charge < -0.3 is 15.5 Å². The van der Waals surface area contributed by atoms with Crippen LogP contribution in [0.1, 0.15) is 40.0 Å². The first-order valence-electron chi connectivity index (χ1n) is 7.80. The number of nitrogens with zero attached hydrogens (tertiary/aromatic N) is 2. The molecule has 18 heavy (non-hydrogen) atoms. The van der Waals surface area contributed by atoms with Gasteiger partial charge in [0, 0.05) is 26.2 Å². The van der Waals surface area contributed by atoms with Crippen molar-refractivity contribution in [2.75, 3.05) is 45.8 Å². The normalized spacial score (nSPS) is 22.7. The van der Waals surface area contributed by atoms with Gasteiger partial charge in [0.2, 0.25) is 0 Å². The summed E-state index contributed by atoms with van der Waals surface area (Å²) in [6, 6.07) is 0. The maximum absolute atomic E-state index is 5.72. The van der Waals surface area contributed by atoms with Crippen molar-refractivity contribution in [2.24, 2.45) is 17.6 Å². The van der Waals surface area contributed by atoms with Crippen LogP contribution in [0.15, 0.2) is 0 Å². The fourth-order valence-corrected chi connectivity index (χ4v) is 2.93. The Kier molecular flexibility index (Phi) is 7.87. The van der Waals surface area contributed by atoms with Gasteiger partial charge in [-0.1, -0.05) is 27.2 Å². The Morgan fingerprint density at radius 1 is 0.944 bits per heavy atom. The third-order valence-corrected chi connectivity index (χ3v) is 4.00. The third kappa shape index (κ3) is 6.17. The highest BCUT2D eigenvalue weighted by atomic mass is 15.2. The summed E-state index contributed by atoms with van der Waals surface area (Å²) in [5.41, 5.74) is 5.72. The second-order valence-corrected chi connectivity index (χ2v) is 6.19. The summed E-state index contributed by atoms with van der Waals surface area (Å²) in [7, 11) is 0. The van der Waals surface area contributed by atoms with Crippen molar-refractivity contribution in [3.05, 3.63) is 0 Å². The van der Waals surface area contributed by atoms with Crippen molar-refractivity contribution in [3.8, 4) is 0 Å². The largest absolute Gasteiger partial charge is 0.330 e. The van der Waals surface area contributed by atoms with Crippen LogP contribution in [0.3, 0.4) is 0 Å². The van der Waals surface area contributed by atoms with Gasteiger partial charge in [0.15, 0.2) is 0 Å². The second kappa shape index (κ2) is 8.89. The smallest absolute Gasteiger partial charge is 0.0109 e. The Bertz CT molecular complexity index is 208. The van der Waals surface area contributed by atoms with E-state index >= 15 is 0 Å². The molecule has 0 aromatic heterocycles. The molecule has 0 aliphatic carbocycles. The van der Waals surface area contributed by atoms with Crippen molar-refractivity contribution in [1.29, 1.82) is 0 Å². The van der Waals surface area contributed by atoms with E-state index in [0.29, 0.717) is 5.92 Å². The SMILES string of the molecule is CCCC(C)CN1CCCN(CC(C)CN)CC1. The average Bonchev–Trinajstić information content (AvgIpc) is 2.55. The summed E-state index contributed by atoms with van der Waals surface area (Å²) < 4.78 is 0. The molecule has 0 spiro atoms. The summed E-state index contributed by atoms with van der Waals surface area (Å²) in [5.74, 6) is 1.49. The maximum Gasteiger partial charge on any atom is 0.0109 e. The number of rotatable bonds is 7. The van der Waals surface area contributed by atoms with E-state index in [4.69, 9.17) is 5.73 Å². The molecule has 2 atom stereocenters. The van der Waals surface area contributed by atoms with E-state index in [1.165, 1.54) is 58.5 Å². The van der Waals surface area contributed by atoms with E-state index in [0.717, 1.165) is 12.5 Å². The van der Waals surface area contributed by atoms with Crippen LogP contribution in [-0.2, 0) is 0 Å². The van der Waals surface area contributed by atoms with Crippen LogP contribution in [0.4, 0.5) is 0 Å². The van der Waals surface area contributed by atoms with Crippen LogP contribution < -0.4 is 5.73 Å². The van der Waals surface area contributed by atoms with Crippen LogP contribution in [-0.4, -0.2) is 55.6 Å². The maximum atomic E-state index is 5.72. The number of nitrogens with two attached hydrogens (primary N) is 1. The Hall–Kier alpha value is -0.120. The van der Waals surface area contributed by atoms with Crippen molar-refractivity contribution < 1.29 is 0 Å². The van der Waals surface area contributed by atoms with Gasteiger partial charge in [0.05, 0.1) is 0 Å². The summed E-state index contributed by atoms with van der Waals surface area (Å²) in [6.07, 6.45) is 4.00. The lowest BCUT2D eigenvalue weighted by molar-refractivity contribution is 0.218. The Labute approximate surface area is 114 Å². The van der Waals surface area contributed by atoms with Crippen LogP contribution in [0, 0.1) is 11.8 Å². The molecule has 0 amide bonds. The van der Waals surface area contributed by atoms with Gasteiger partial charge in [-0.3, -0.25) is 0 Å². The lowest BCUT2D eigenvalue weighted by atomic mass is 10.1. The molecule has 1 fully saturated rings. The van der Waals surface area contributed by atoms with Crippen molar-refractivity contribution in [1.82, 2.24) is 9.80 Å². The van der Waals surface area contributed by atoms with E-state index in [1.807, 2.05) is 0 Å². The zero-order valence-electron chi connectivity index (χ0n) is 12.7. The topological polar surface area (TPSA) is 32.5 Å². The molecular formula is C15H33N3. The molecule has 0 aromatic carbocycles. The fraction of sp³-hybridized carbons (Fsp3) is 1.00. The Morgan fingerprint density at radius 2 is 1.50 bits per heavy atom. The molecule has 0 bridgehead atoms. The first kappa shape index (κ1) is 15.9. The van der Waals surface area contributed by atoms with Gasteiger partial charge in [0.25, 0.3) is 0 Å². The molecule has 1 aliphatic rings. The van der Waals surface area contributed by atoms with Gasteiger partial charge >= 0.3 is 0 Å². The van der Waals surface area contributed by atoms with E-state index in [1.54, 1.807) is 0 Å². The van der Waals surface area contributed by atoms with Crippen molar-refractivity contribution >= 4 is 0 Å². The van der Waals surface area contributed by atoms with Crippen molar-refractivity contribution in [2.45, 2.75) is 40.0 Å². The zero-order chi connectivity index (χ0) is 13.4. The molecule has 108 valence electrons. The minimum atomic E-state index is 0.635. The summed E-state index contributed by atoms with van der Waals surface area (Å²) in [4.78, 5) is 5.26. The molecular weight excluding hydrogens is 222 g/mol. The number of hydrogen-bond donors (Lipinski definition) is 1. The van der Waals surface area contributed by atoms with Gasteiger partial charge in [-0.25, -0.2) is 0 Å². The predicted octanol–water partition coefficient (Wildman–Crippen LogP) is 2.03.